The van der Waals surface area contributed by atoms with Crippen LogP contribution in [0.2, 0.25) is 0 Å². The fourth-order valence-corrected chi connectivity index (χ4v) is 5.26. The number of hydrogen-bond donors (Lipinski definition) is 1. The highest BCUT2D eigenvalue weighted by Crippen LogP contribution is 2.21. The van der Waals surface area contributed by atoms with Crippen LogP contribution in [-0.2, 0) is 14.8 Å². The SMILES string of the molecule is CCNC(=NCC1CCN(S(C)(=O)=O)CC1)N1CCC(CN2CCOCC2)C1. The largest absolute Gasteiger partial charge is 0.379 e. The Hall–Kier alpha value is -0.900. The predicted octanol–water partition coefficient (Wildman–Crippen LogP) is 0.278. The zero-order valence-corrected chi connectivity index (χ0v) is 18.3. The molecule has 3 rings (SSSR count). The third-order valence-corrected chi connectivity index (χ3v) is 7.39. The van der Waals surface area contributed by atoms with Gasteiger partial charge >= 0.3 is 0 Å². The molecule has 0 aliphatic carbocycles. The number of likely N-dealkylation sites (tertiary alicyclic amines) is 1. The first kappa shape index (κ1) is 21.8. The number of ether oxygens (including phenoxy) is 1. The van der Waals surface area contributed by atoms with E-state index in [9.17, 15) is 8.42 Å². The zero-order valence-electron chi connectivity index (χ0n) is 17.5. The summed E-state index contributed by atoms with van der Waals surface area (Å²) in [5.74, 6) is 2.19. The minimum absolute atomic E-state index is 0.471. The van der Waals surface area contributed by atoms with Gasteiger partial charge in [0.05, 0.1) is 19.5 Å². The van der Waals surface area contributed by atoms with E-state index < -0.39 is 10.0 Å². The minimum Gasteiger partial charge on any atom is -0.379 e. The van der Waals surface area contributed by atoms with Crippen LogP contribution >= 0.6 is 0 Å². The van der Waals surface area contributed by atoms with Gasteiger partial charge in [-0.3, -0.25) is 9.89 Å². The molecule has 28 heavy (non-hydrogen) atoms. The maximum Gasteiger partial charge on any atom is 0.211 e. The quantitative estimate of drug-likeness (QED) is 0.496. The van der Waals surface area contributed by atoms with Gasteiger partial charge in [-0.1, -0.05) is 0 Å². The number of piperidine rings is 1. The molecule has 0 aromatic carbocycles. The van der Waals surface area contributed by atoms with E-state index in [0.29, 0.717) is 24.9 Å². The van der Waals surface area contributed by atoms with Gasteiger partial charge in [-0.05, 0) is 38.0 Å². The highest BCUT2D eigenvalue weighted by Gasteiger charge is 2.28. The molecule has 0 amide bonds. The van der Waals surface area contributed by atoms with E-state index in [4.69, 9.17) is 9.73 Å². The van der Waals surface area contributed by atoms with Gasteiger partial charge in [0.2, 0.25) is 10.0 Å². The molecule has 3 fully saturated rings. The second-order valence-electron chi connectivity index (χ2n) is 8.31. The first-order valence-electron chi connectivity index (χ1n) is 10.7. The molecule has 8 nitrogen and oxygen atoms in total. The van der Waals surface area contributed by atoms with Gasteiger partial charge in [0.1, 0.15) is 0 Å². The smallest absolute Gasteiger partial charge is 0.211 e. The van der Waals surface area contributed by atoms with E-state index >= 15 is 0 Å². The Bertz CT molecular complexity index is 613. The van der Waals surface area contributed by atoms with Crippen molar-refractivity contribution in [1.82, 2.24) is 19.4 Å². The second kappa shape index (κ2) is 10.2. The van der Waals surface area contributed by atoms with Gasteiger partial charge in [-0.2, -0.15) is 0 Å². The third-order valence-electron chi connectivity index (χ3n) is 6.08. The standard InChI is InChI=1S/C19H37N5O3S/c1-3-20-19(21-14-17-5-8-24(9-6-17)28(2,25)26)23-7-4-18(16-23)15-22-10-12-27-13-11-22/h17-18H,3-16H2,1-2H3,(H,20,21). The number of morpholine rings is 1. The maximum absolute atomic E-state index is 11.7. The summed E-state index contributed by atoms with van der Waals surface area (Å²) in [4.78, 5) is 9.85. The normalized spacial score (nSPS) is 26.7. The van der Waals surface area contributed by atoms with Crippen LogP contribution in [0.15, 0.2) is 4.99 Å². The maximum atomic E-state index is 11.7. The lowest BCUT2D eigenvalue weighted by Gasteiger charge is -2.30. The fourth-order valence-electron chi connectivity index (χ4n) is 4.39. The Morgan fingerprint density at radius 2 is 1.75 bits per heavy atom. The number of sulfonamides is 1. The fraction of sp³-hybridized carbons (Fsp3) is 0.947. The Morgan fingerprint density at radius 3 is 2.39 bits per heavy atom. The predicted molar refractivity (Wildman–Crippen MR) is 112 cm³/mol. The molecule has 3 heterocycles. The molecule has 0 aromatic heterocycles. The molecule has 0 radical (unpaired) electrons. The van der Waals surface area contributed by atoms with Crippen LogP contribution in [0.1, 0.15) is 26.2 Å². The molecule has 3 saturated heterocycles. The van der Waals surface area contributed by atoms with E-state index in [2.05, 4.69) is 22.0 Å². The van der Waals surface area contributed by atoms with E-state index in [0.717, 1.165) is 77.8 Å². The van der Waals surface area contributed by atoms with Crippen LogP contribution in [0, 0.1) is 11.8 Å². The van der Waals surface area contributed by atoms with Crippen molar-refractivity contribution >= 4 is 16.0 Å². The van der Waals surface area contributed by atoms with Crippen molar-refractivity contribution in [1.29, 1.82) is 0 Å². The number of rotatable bonds is 6. The van der Waals surface area contributed by atoms with Crippen molar-refractivity contribution < 1.29 is 13.2 Å². The molecule has 0 aromatic rings. The van der Waals surface area contributed by atoms with Gasteiger partial charge in [0.15, 0.2) is 5.96 Å². The molecule has 3 aliphatic rings. The van der Waals surface area contributed by atoms with Crippen LogP contribution in [0.3, 0.4) is 0 Å². The molecule has 1 unspecified atom stereocenters. The molecule has 0 bridgehead atoms. The summed E-state index contributed by atoms with van der Waals surface area (Å²) in [5.41, 5.74) is 0. The molecule has 0 saturated carbocycles. The Balaban J connectivity index is 1.47. The molecule has 162 valence electrons. The van der Waals surface area contributed by atoms with Crippen molar-refractivity contribution in [2.24, 2.45) is 16.8 Å². The average molecular weight is 416 g/mol. The Labute approximate surface area is 170 Å². The van der Waals surface area contributed by atoms with Gasteiger partial charge in [-0.15, -0.1) is 0 Å². The first-order chi connectivity index (χ1) is 13.5. The molecular formula is C19H37N5O3S. The number of aliphatic imine (C=N–C) groups is 1. The molecule has 0 spiro atoms. The molecule has 1 N–H and O–H groups in total. The van der Waals surface area contributed by atoms with Crippen LogP contribution in [-0.4, -0.2) is 107 Å². The number of hydrogen-bond acceptors (Lipinski definition) is 5. The van der Waals surface area contributed by atoms with Gasteiger partial charge in [-0.25, -0.2) is 12.7 Å². The number of guanidine groups is 1. The lowest BCUT2D eigenvalue weighted by atomic mass is 9.98. The summed E-state index contributed by atoms with van der Waals surface area (Å²) < 4.78 is 30.4. The summed E-state index contributed by atoms with van der Waals surface area (Å²) in [6.07, 6.45) is 4.31. The zero-order chi connectivity index (χ0) is 20.0. The lowest BCUT2D eigenvalue weighted by molar-refractivity contribution is 0.0315. The summed E-state index contributed by atoms with van der Waals surface area (Å²) in [5, 5.41) is 3.46. The van der Waals surface area contributed by atoms with Crippen molar-refractivity contribution in [2.75, 3.05) is 78.4 Å². The Kier molecular flexibility index (Phi) is 7.96. The summed E-state index contributed by atoms with van der Waals surface area (Å²) >= 11 is 0. The summed E-state index contributed by atoms with van der Waals surface area (Å²) in [6, 6.07) is 0. The van der Waals surface area contributed by atoms with Crippen molar-refractivity contribution in [3.05, 3.63) is 0 Å². The van der Waals surface area contributed by atoms with E-state index in [1.54, 1.807) is 4.31 Å². The highest BCUT2D eigenvalue weighted by atomic mass is 32.2. The van der Waals surface area contributed by atoms with Crippen molar-refractivity contribution in [3.8, 4) is 0 Å². The van der Waals surface area contributed by atoms with Crippen LogP contribution in [0.4, 0.5) is 0 Å². The average Bonchev–Trinajstić information content (AvgIpc) is 3.14. The summed E-state index contributed by atoms with van der Waals surface area (Å²) in [6.45, 7) is 12.1. The van der Waals surface area contributed by atoms with E-state index in [1.165, 1.54) is 12.7 Å². The van der Waals surface area contributed by atoms with Crippen LogP contribution in [0.5, 0.6) is 0 Å². The highest BCUT2D eigenvalue weighted by molar-refractivity contribution is 7.88. The van der Waals surface area contributed by atoms with E-state index in [1.807, 2.05) is 0 Å². The molecular weight excluding hydrogens is 378 g/mol. The van der Waals surface area contributed by atoms with Gasteiger partial charge < -0.3 is 15.0 Å². The number of nitrogens with zero attached hydrogens (tertiary/aromatic N) is 4. The first-order valence-corrected chi connectivity index (χ1v) is 12.6. The third kappa shape index (κ3) is 6.30. The van der Waals surface area contributed by atoms with Gasteiger partial charge in [0, 0.05) is 58.9 Å². The van der Waals surface area contributed by atoms with Crippen molar-refractivity contribution in [3.63, 3.8) is 0 Å². The number of nitrogens with one attached hydrogen (secondary N) is 1. The van der Waals surface area contributed by atoms with E-state index in [-0.39, 0.29) is 0 Å². The Morgan fingerprint density at radius 1 is 1.07 bits per heavy atom. The van der Waals surface area contributed by atoms with Crippen LogP contribution < -0.4 is 5.32 Å². The summed E-state index contributed by atoms with van der Waals surface area (Å²) in [7, 11) is -3.06. The van der Waals surface area contributed by atoms with Crippen LogP contribution in [0.25, 0.3) is 0 Å². The lowest BCUT2D eigenvalue weighted by Crippen LogP contribution is -2.43. The second-order valence-corrected chi connectivity index (χ2v) is 10.3. The monoisotopic (exact) mass is 415 g/mol. The van der Waals surface area contributed by atoms with Crippen molar-refractivity contribution in [2.45, 2.75) is 26.2 Å². The molecule has 9 heteroatoms. The molecule has 3 aliphatic heterocycles. The van der Waals surface area contributed by atoms with Gasteiger partial charge in [0.25, 0.3) is 0 Å². The topological polar surface area (TPSA) is 77.5 Å². The molecule has 1 atom stereocenters. The minimum atomic E-state index is -3.06.